The fourth-order valence-electron chi connectivity index (χ4n) is 9.00. The number of ether oxygens (including phenoxy) is 3. The lowest BCUT2D eigenvalue weighted by molar-refractivity contribution is -0.167. The van der Waals surface area contributed by atoms with Crippen LogP contribution in [0.1, 0.15) is 324 Å². The lowest BCUT2D eigenvalue weighted by Gasteiger charge is -2.18. The van der Waals surface area contributed by atoms with Crippen molar-refractivity contribution in [1.29, 1.82) is 0 Å². The van der Waals surface area contributed by atoms with Crippen LogP contribution in [0.3, 0.4) is 0 Å². The summed E-state index contributed by atoms with van der Waals surface area (Å²) in [5.41, 5.74) is 0. The topological polar surface area (TPSA) is 78.9 Å². The summed E-state index contributed by atoms with van der Waals surface area (Å²) in [5.74, 6) is 1.61. The van der Waals surface area contributed by atoms with Gasteiger partial charge < -0.3 is 14.2 Å². The molecule has 1 atom stereocenters. The third kappa shape index (κ3) is 53.2. The number of esters is 3. The van der Waals surface area contributed by atoms with E-state index >= 15 is 0 Å². The Labute approximate surface area is 406 Å². The van der Waals surface area contributed by atoms with Crippen molar-refractivity contribution in [3.05, 3.63) is 0 Å². The van der Waals surface area contributed by atoms with Gasteiger partial charge in [0.25, 0.3) is 0 Å². The molecule has 0 spiro atoms. The number of carbonyl (C=O) groups excluding carboxylic acids is 3. The van der Waals surface area contributed by atoms with E-state index in [0.29, 0.717) is 19.3 Å². The largest absolute Gasteiger partial charge is 0.462 e. The van der Waals surface area contributed by atoms with Crippen LogP contribution < -0.4 is 0 Å². The van der Waals surface area contributed by atoms with Gasteiger partial charge in [0.05, 0.1) is 0 Å². The summed E-state index contributed by atoms with van der Waals surface area (Å²) >= 11 is 0. The first kappa shape index (κ1) is 63.4. The molecule has 0 aliphatic rings. The highest BCUT2D eigenvalue weighted by Gasteiger charge is 2.19. The molecule has 0 radical (unpaired) electrons. The zero-order valence-electron chi connectivity index (χ0n) is 44.8. The molecule has 0 aliphatic carbocycles. The van der Waals surface area contributed by atoms with Crippen molar-refractivity contribution < 1.29 is 28.6 Å². The Morgan fingerprint density at radius 3 is 0.662 bits per heavy atom. The molecule has 65 heavy (non-hydrogen) atoms. The third-order valence-electron chi connectivity index (χ3n) is 13.4. The van der Waals surface area contributed by atoms with Crippen molar-refractivity contribution in [2.45, 2.75) is 330 Å². The molecule has 0 rings (SSSR count). The fraction of sp³-hybridized carbons (Fsp3) is 0.949. The molecule has 0 aliphatic heterocycles. The predicted octanol–water partition coefficient (Wildman–Crippen LogP) is 19.1. The van der Waals surface area contributed by atoms with Crippen LogP contribution in [-0.4, -0.2) is 37.2 Å². The number of carbonyl (C=O) groups is 3. The van der Waals surface area contributed by atoms with Gasteiger partial charge in [0, 0.05) is 19.3 Å². The first-order chi connectivity index (χ1) is 31.6. The highest BCUT2D eigenvalue weighted by molar-refractivity contribution is 5.71. The fourth-order valence-corrected chi connectivity index (χ4v) is 9.00. The maximum absolute atomic E-state index is 12.8. The van der Waals surface area contributed by atoms with Gasteiger partial charge in [-0.3, -0.25) is 14.4 Å². The van der Waals surface area contributed by atoms with E-state index in [-0.39, 0.29) is 31.1 Å². The van der Waals surface area contributed by atoms with Gasteiger partial charge in [-0.2, -0.15) is 0 Å². The molecule has 0 saturated carbocycles. The molecule has 0 bridgehead atoms. The molecule has 0 fully saturated rings. The van der Waals surface area contributed by atoms with E-state index in [1.165, 1.54) is 205 Å². The molecule has 0 aromatic carbocycles. The molecule has 0 unspecified atom stereocenters. The smallest absolute Gasteiger partial charge is 0.306 e. The molecule has 0 aromatic rings. The monoisotopic (exact) mass is 919 g/mol. The minimum atomic E-state index is -0.764. The Morgan fingerprint density at radius 1 is 0.262 bits per heavy atom. The zero-order chi connectivity index (χ0) is 47.7. The van der Waals surface area contributed by atoms with E-state index in [9.17, 15) is 14.4 Å². The van der Waals surface area contributed by atoms with Crippen molar-refractivity contribution >= 4 is 17.9 Å². The van der Waals surface area contributed by atoms with Crippen molar-refractivity contribution in [2.75, 3.05) is 13.2 Å². The minimum absolute atomic E-state index is 0.0647. The highest BCUT2D eigenvalue weighted by atomic mass is 16.6. The van der Waals surface area contributed by atoms with Gasteiger partial charge in [-0.25, -0.2) is 0 Å². The first-order valence-electron chi connectivity index (χ1n) is 29.1. The molecule has 386 valence electrons. The third-order valence-corrected chi connectivity index (χ3v) is 13.4. The van der Waals surface area contributed by atoms with Crippen LogP contribution >= 0.6 is 0 Å². The van der Waals surface area contributed by atoms with E-state index < -0.39 is 6.10 Å². The van der Waals surface area contributed by atoms with Gasteiger partial charge in [-0.05, 0) is 37.0 Å². The second-order valence-electron chi connectivity index (χ2n) is 21.7. The lowest BCUT2D eigenvalue weighted by atomic mass is 10.0. The van der Waals surface area contributed by atoms with Gasteiger partial charge in [0.2, 0.25) is 0 Å². The Kier molecular flexibility index (Phi) is 49.1. The summed E-state index contributed by atoms with van der Waals surface area (Å²) in [6.45, 7) is 13.7. The van der Waals surface area contributed by atoms with Crippen molar-refractivity contribution in [3.63, 3.8) is 0 Å². The van der Waals surface area contributed by atoms with Crippen LogP contribution in [0, 0.1) is 17.8 Å². The van der Waals surface area contributed by atoms with E-state index in [1.807, 2.05) is 0 Å². The van der Waals surface area contributed by atoms with E-state index in [0.717, 1.165) is 75.5 Å². The van der Waals surface area contributed by atoms with Crippen LogP contribution in [0.2, 0.25) is 0 Å². The maximum Gasteiger partial charge on any atom is 0.306 e. The molecular formula is C59H114O6. The van der Waals surface area contributed by atoms with E-state index in [1.54, 1.807) is 0 Å². The summed E-state index contributed by atoms with van der Waals surface area (Å²) in [6, 6.07) is 0. The Hall–Kier alpha value is -1.59. The second-order valence-corrected chi connectivity index (χ2v) is 21.7. The summed E-state index contributed by atoms with van der Waals surface area (Å²) in [7, 11) is 0. The number of unbranched alkanes of at least 4 members (excludes halogenated alkanes) is 35. The van der Waals surface area contributed by atoms with E-state index in [4.69, 9.17) is 14.2 Å². The Morgan fingerprint density at radius 2 is 0.446 bits per heavy atom. The lowest BCUT2D eigenvalue weighted by Crippen LogP contribution is -2.30. The average Bonchev–Trinajstić information content (AvgIpc) is 3.26. The zero-order valence-corrected chi connectivity index (χ0v) is 44.8. The molecule has 0 amide bonds. The number of rotatable bonds is 52. The van der Waals surface area contributed by atoms with Gasteiger partial charge in [-0.15, -0.1) is 0 Å². The highest BCUT2D eigenvalue weighted by Crippen LogP contribution is 2.18. The summed E-state index contributed by atoms with van der Waals surface area (Å²) < 4.78 is 16.8. The minimum Gasteiger partial charge on any atom is -0.462 e. The van der Waals surface area contributed by atoms with Gasteiger partial charge in [-0.1, -0.05) is 286 Å². The quantitative estimate of drug-likeness (QED) is 0.0344. The number of hydrogen-bond acceptors (Lipinski definition) is 6. The van der Waals surface area contributed by atoms with Crippen LogP contribution in [0.4, 0.5) is 0 Å². The molecular weight excluding hydrogens is 805 g/mol. The second kappa shape index (κ2) is 50.3. The van der Waals surface area contributed by atoms with Gasteiger partial charge in [0.15, 0.2) is 6.10 Å². The summed E-state index contributed by atoms with van der Waals surface area (Å²) in [4.78, 5) is 38.0. The van der Waals surface area contributed by atoms with Crippen LogP contribution in [0.15, 0.2) is 0 Å². The van der Waals surface area contributed by atoms with Crippen LogP contribution in [0.5, 0.6) is 0 Å². The molecule has 0 saturated heterocycles. The summed E-state index contributed by atoms with van der Waals surface area (Å²) in [5, 5.41) is 0. The molecule has 0 N–H and O–H groups in total. The Bertz CT molecular complexity index is 1010. The molecule has 0 aromatic heterocycles. The van der Waals surface area contributed by atoms with E-state index in [2.05, 4.69) is 41.5 Å². The maximum atomic E-state index is 12.8. The van der Waals surface area contributed by atoms with Gasteiger partial charge >= 0.3 is 17.9 Å². The van der Waals surface area contributed by atoms with Crippen LogP contribution in [0.25, 0.3) is 0 Å². The SMILES string of the molecule is CC(C)CCCCCCCCCCCCCCCCCCCCC(=O)OC[C@@H](COC(=O)CCCCCCCCCCCCCCCCC(C)C)OC(=O)CCCCCCCCC(C)C. The van der Waals surface area contributed by atoms with Crippen molar-refractivity contribution in [2.24, 2.45) is 17.8 Å². The molecule has 6 nitrogen and oxygen atoms in total. The average molecular weight is 920 g/mol. The van der Waals surface area contributed by atoms with Crippen molar-refractivity contribution in [1.82, 2.24) is 0 Å². The number of hydrogen-bond donors (Lipinski definition) is 0. The predicted molar refractivity (Wildman–Crippen MR) is 279 cm³/mol. The van der Waals surface area contributed by atoms with Gasteiger partial charge in [0.1, 0.15) is 13.2 Å². The van der Waals surface area contributed by atoms with Crippen molar-refractivity contribution in [3.8, 4) is 0 Å². The van der Waals surface area contributed by atoms with Crippen LogP contribution in [-0.2, 0) is 28.6 Å². The summed E-state index contributed by atoms with van der Waals surface area (Å²) in [6.07, 6.45) is 52.6. The standard InChI is InChI=1S/C59H114O6/c1-53(2)45-39-33-27-23-19-15-11-9-7-8-10-12-17-21-25-29-36-42-48-57(60)63-51-56(65-59(62)50-44-38-32-31-35-41-47-55(5)6)52-64-58(61)49-43-37-30-26-22-18-14-13-16-20-24-28-34-40-46-54(3)4/h53-56H,7-52H2,1-6H3/t56-/m0/s1. The Balaban J connectivity index is 4.16. The molecule has 6 heteroatoms. The molecule has 0 heterocycles. The normalized spacial score (nSPS) is 12.1. The first-order valence-corrected chi connectivity index (χ1v) is 29.1.